The van der Waals surface area contributed by atoms with E-state index in [1.165, 1.54) is 12.1 Å². The van der Waals surface area contributed by atoms with Gasteiger partial charge in [-0.15, -0.1) is 0 Å². The number of halogens is 7. The van der Waals surface area contributed by atoms with Crippen LogP contribution in [0.25, 0.3) is 0 Å². The molecule has 0 saturated heterocycles. The highest BCUT2D eigenvalue weighted by atomic mass is 19.4. The number of carbonyl (C=O) groups excluding carboxylic acids is 2. The Labute approximate surface area is 245 Å². The second-order valence-corrected chi connectivity index (χ2v) is 12.6. The van der Waals surface area contributed by atoms with E-state index in [0.717, 1.165) is 56.4 Å². The Kier molecular flexibility index (Phi) is 8.68. The lowest BCUT2D eigenvalue weighted by Crippen LogP contribution is -2.47. The zero-order valence-electron chi connectivity index (χ0n) is 23.5. The SMILES string of the molecule is NC1CC2CCC(C1)C2CCCC(=O)C(Cc1ccc(C(F)(F)F)cc1)NC(=O)C1(c2ccc(C(F)(F)F)cc2F)CC1. The number of rotatable bonds is 10. The second-order valence-electron chi connectivity index (χ2n) is 12.6. The third-order valence-corrected chi connectivity index (χ3v) is 9.70. The maximum Gasteiger partial charge on any atom is 0.416 e. The lowest BCUT2D eigenvalue weighted by molar-refractivity contribution is -0.138. The molecule has 0 spiro atoms. The van der Waals surface area contributed by atoms with Crippen molar-refractivity contribution in [2.45, 2.75) is 94.1 Å². The summed E-state index contributed by atoms with van der Waals surface area (Å²) >= 11 is 0. The third kappa shape index (κ3) is 6.91. The Balaban J connectivity index is 1.30. The highest BCUT2D eigenvalue weighted by molar-refractivity contribution is 5.96. The highest BCUT2D eigenvalue weighted by Gasteiger charge is 2.53. The minimum absolute atomic E-state index is 0.0716. The lowest BCUT2D eigenvalue weighted by Gasteiger charge is -2.33. The van der Waals surface area contributed by atoms with E-state index in [2.05, 4.69) is 5.32 Å². The highest BCUT2D eigenvalue weighted by Crippen LogP contribution is 2.50. The van der Waals surface area contributed by atoms with Crippen molar-refractivity contribution in [3.63, 3.8) is 0 Å². The van der Waals surface area contributed by atoms with Crippen LogP contribution in [0, 0.1) is 23.6 Å². The van der Waals surface area contributed by atoms with Gasteiger partial charge >= 0.3 is 12.4 Å². The maximum atomic E-state index is 14.8. The Morgan fingerprint density at radius 3 is 2.02 bits per heavy atom. The van der Waals surface area contributed by atoms with Gasteiger partial charge in [0.1, 0.15) is 5.82 Å². The van der Waals surface area contributed by atoms with Gasteiger partial charge in [-0.2, -0.15) is 26.3 Å². The zero-order valence-corrected chi connectivity index (χ0v) is 23.5. The minimum atomic E-state index is -4.75. The topological polar surface area (TPSA) is 72.2 Å². The molecule has 3 fully saturated rings. The van der Waals surface area contributed by atoms with Crippen LogP contribution in [0.2, 0.25) is 0 Å². The smallest absolute Gasteiger partial charge is 0.345 e. The molecule has 3 saturated carbocycles. The molecule has 3 unspecified atom stereocenters. The van der Waals surface area contributed by atoms with Crippen LogP contribution < -0.4 is 11.1 Å². The first-order valence-corrected chi connectivity index (χ1v) is 14.8. The lowest BCUT2D eigenvalue weighted by atomic mass is 9.74. The van der Waals surface area contributed by atoms with Gasteiger partial charge in [-0.3, -0.25) is 9.59 Å². The summed E-state index contributed by atoms with van der Waals surface area (Å²) in [5.41, 5.74) is 2.97. The molecule has 0 radical (unpaired) electrons. The predicted molar refractivity (Wildman–Crippen MR) is 145 cm³/mol. The molecule has 3 aliphatic carbocycles. The molecule has 0 heterocycles. The van der Waals surface area contributed by atoms with Gasteiger partial charge in [0.25, 0.3) is 0 Å². The summed E-state index contributed by atoms with van der Waals surface area (Å²) in [4.78, 5) is 27.0. The Bertz CT molecular complexity index is 1320. The molecule has 234 valence electrons. The summed E-state index contributed by atoms with van der Waals surface area (Å²) in [6.45, 7) is 0. The number of hydrogen-bond acceptors (Lipinski definition) is 3. The molecule has 0 aromatic heterocycles. The number of alkyl halides is 6. The van der Waals surface area contributed by atoms with Crippen LogP contribution in [0.3, 0.4) is 0 Å². The van der Waals surface area contributed by atoms with Crippen molar-refractivity contribution >= 4 is 11.7 Å². The molecule has 2 bridgehead atoms. The van der Waals surface area contributed by atoms with Gasteiger partial charge in [0.05, 0.1) is 22.6 Å². The largest absolute Gasteiger partial charge is 0.416 e. The molecule has 4 nitrogen and oxygen atoms in total. The van der Waals surface area contributed by atoms with E-state index in [1.807, 2.05) is 0 Å². The first-order chi connectivity index (χ1) is 20.2. The van der Waals surface area contributed by atoms with E-state index in [0.29, 0.717) is 35.8 Å². The van der Waals surface area contributed by atoms with E-state index < -0.39 is 46.7 Å². The van der Waals surface area contributed by atoms with Crippen LogP contribution in [-0.4, -0.2) is 23.8 Å². The molecule has 2 aromatic carbocycles. The quantitative estimate of drug-likeness (QED) is 0.281. The minimum Gasteiger partial charge on any atom is -0.345 e. The van der Waals surface area contributed by atoms with Gasteiger partial charge in [0.15, 0.2) is 5.78 Å². The fourth-order valence-corrected chi connectivity index (χ4v) is 7.29. The standard InChI is InChI=1S/C32H35F7N2O2/c33-26-17-22(32(37,38)39)10-11-25(26)30(12-13-30)29(43)41-27(14-18-4-8-21(9-5-18)31(34,35)36)28(42)3-1-2-24-19-6-7-20(24)16-23(40)15-19/h4-5,8-11,17,19-20,23-24,27H,1-3,6-7,12-16,40H2,(H,41,43). The number of nitrogens with two attached hydrogens (primary N) is 1. The van der Waals surface area contributed by atoms with Crippen LogP contribution in [0.4, 0.5) is 30.7 Å². The van der Waals surface area contributed by atoms with Crippen LogP contribution in [0.15, 0.2) is 42.5 Å². The van der Waals surface area contributed by atoms with Crippen molar-refractivity contribution in [1.29, 1.82) is 0 Å². The third-order valence-electron chi connectivity index (χ3n) is 9.70. The normalized spacial score (nSPS) is 25.3. The van der Waals surface area contributed by atoms with Crippen LogP contribution in [-0.2, 0) is 33.8 Å². The molecule has 2 aromatic rings. The van der Waals surface area contributed by atoms with Crippen molar-refractivity contribution in [2.75, 3.05) is 0 Å². The van der Waals surface area contributed by atoms with Crippen LogP contribution in [0.5, 0.6) is 0 Å². The number of Topliss-reactive ketones (excluding diaryl/α,β-unsaturated/α-hetero) is 1. The first kappa shape index (κ1) is 31.5. The second kappa shape index (κ2) is 11.9. The molecular formula is C32H35F7N2O2. The number of nitrogens with one attached hydrogen (secondary N) is 1. The summed E-state index contributed by atoms with van der Waals surface area (Å²) in [5, 5.41) is 2.69. The van der Waals surface area contributed by atoms with E-state index in [1.54, 1.807) is 0 Å². The number of ketones is 1. The Morgan fingerprint density at radius 2 is 1.49 bits per heavy atom. The summed E-state index contributed by atoms with van der Waals surface area (Å²) in [5.74, 6) is -0.560. The molecule has 3 N–H and O–H groups in total. The maximum absolute atomic E-state index is 14.8. The van der Waals surface area contributed by atoms with E-state index in [4.69, 9.17) is 5.73 Å². The molecule has 3 atom stereocenters. The van der Waals surface area contributed by atoms with E-state index in [-0.39, 0.29) is 43.1 Å². The number of benzene rings is 2. The van der Waals surface area contributed by atoms with Crippen LogP contribution in [0.1, 0.15) is 80.0 Å². The van der Waals surface area contributed by atoms with Gasteiger partial charge in [-0.05, 0) is 105 Å². The molecule has 11 heteroatoms. The monoisotopic (exact) mass is 612 g/mol. The fraction of sp³-hybridized carbons (Fsp3) is 0.562. The predicted octanol–water partition coefficient (Wildman–Crippen LogP) is 7.13. The summed E-state index contributed by atoms with van der Waals surface area (Å²) in [6, 6.07) is 5.48. The molecule has 3 aliphatic rings. The van der Waals surface area contributed by atoms with Crippen molar-refractivity contribution in [2.24, 2.45) is 23.5 Å². The Morgan fingerprint density at radius 1 is 0.907 bits per heavy atom. The van der Waals surface area contributed by atoms with Gasteiger partial charge < -0.3 is 11.1 Å². The first-order valence-electron chi connectivity index (χ1n) is 14.8. The van der Waals surface area contributed by atoms with E-state index in [9.17, 15) is 40.3 Å². The Hall–Kier alpha value is -2.95. The van der Waals surface area contributed by atoms with Gasteiger partial charge in [-0.1, -0.05) is 18.2 Å². The van der Waals surface area contributed by atoms with Crippen molar-refractivity contribution in [3.8, 4) is 0 Å². The molecule has 0 aliphatic heterocycles. The average molecular weight is 613 g/mol. The summed E-state index contributed by atoms with van der Waals surface area (Å²) in [7, 11) is 0. The number of amides is 1. The molecule has 43 heavy (non-hydrogen) atoms. The summed E-state index contributed by atoms with van der Waals surface area (Å²) < 4.78 is 93.2. The number of carbonyl (C=O) groups is 2. The molecular weight excluding hydrogens is 577 g/mol. The van der Waals surface area contributed by atoms with Crippen molar-refractivity contribution in [3.05, 3.63) is 70.5 Å². The van der Waals surface area contributed by atoms with Crippen molar-refractivity contribution < 1.29 is 40.3 Å². The number of fused-ring (bicyclic) bond motifs is 2. The van der Waals surface area contributed by atoms with Crippen molar-refractivity contribution in [1.82, 2.24) is 5.32 Å². The van der Waals surface area contributed by atoms with Gasteiger partial charge in [-0.25, -0.2) is 4.39 Å². The van der Waals surface area contributed by atoms with Crippen LogP contribution >= 0.6 is 0 Å². The van der Waals surface area contributed by atoms with E-state index >= 15 is 0 Å². The van der Waals surface area contributed by atoms with Gasteiger partial charge in [0, 0.05) is 18.0 Å². The van der Waals surface area contributed by atoms with Gasteiger partial charge in [0.2, 0.25) is 5.91 Å². The molecule has 5 rings (SSSR count). The fourth-order valence-electron chi connectivity index (χ4n) is 7.29. The number of hydrogen-bond donors (Lipinski definition) is 2. The average Bonchev–Trinajstić information content (AvgIpc) is 3.69. The zero-order chi connectivity index (χ0) is 31.2. The summed E-state index contributed by atoms with van der Waals surface area (Å²) in [6.07, 6.45) is -3.18. The molecule has 1 amide bonds.